The third-order valence-corrected chi connectivity index (χ3v) is 3.79. The first kappa shape index (κ1) is 14.4. The maximum absolute atomic E-state index is 5.79. The molecule has 0 aliphatic rings. The lowest BCUT2D eigenvalue weighted by molar-refractivity contribution is 0.00547. The Kier molecular flexibility index (Phi) is 4.48. The predicted octanol–water partition coefficient (Wildman–Crippen LogP) is 4.80. The van der Waals surface area contributed by atoms with Crippen LogP contribution in [0.2, 0.25) is 0 Å². The lowest BCUT2D eigenvalue weighted by atomic mass is 10.1. The molecule has 2 aromatic carbocycles. The molecule has 0 unspecified atom stereocenters. The van der Waals surface area contributed by atoms with Crippen LogP contribution in [-0.4, -0.2) is 19.3 Å². The fourth-order valence-corrected chi connectivity index (χ4v) is 2.18. The molecule has 0 aliphatic heterocycles. The molecule has 0 radical (unpaired) electrons. The van der Waals surface area contributed by atoms with E-state index in [1.54, 1.807) is 7.11 Å². The molecule has 0 amide bonds. The van der Waals surface area contributed by atoms with Gasteiger partial charge in [0.15, 0.2) is 0 Å². The summed E-state index contributed by atoms with van der Waals surface area (Å²) in [7, 11) is 1.73. The summed E-state index contributed by atoms with van der Waals surface area (Å²) in [6.45, 7) is 4.78. The third kappa shape index (κ3) is 3.95. The zero-order valence-electron chi connectivity index (χ0n) is 11.6. The average molecular weight is 323 g/mol. The molecule has 2 nitrogen and oxygen atoms in total. The topological polar surface area (TPSA) is 18.5 Å². The van der Waals surface area contributed by atoms with Gasteiger partial charge in [-0.25, -0.2) is 0 Å². The highest BCUT2D eigenvalue weighted by atomic mass is 79.9. The minimum Gasteiger partial charge on any atom is -0.493 e. The maximum Gasteiger partial charge on any atom is 0.119 e. The van der Waals surface area contributed by atoms with Gasteiger partial charge in [0.2, 0.25) is 0 Å². The smallest absolute Gasteiger partial charge is 0.119 e. The summed E-state index contributed by atoms with van der Waals surface area (Å²) in [5.74, 6) is 0.904. The van der Waals surface area contributed by atoms with E-state index in [2.05, 4.69) is 54.0 Å². The Morgan fingerprint density at radius 1 is 1.05 bits per heavy atom. The summed E-state index contributed by atoms with van der Waals surface area (Å²) >= 11 is 3.48. The van der Waals surface area contributed by atoms with Crippen LogP contribution in [0.15, 0.2) is 40.9 Å². The lowest BCUT2D eigenvalue weighted by Crippen LogP contribution is -2.25. The largest absolute Gasteiger partial charge is 0.493 e. The van der Waals surface area contributed by atoms with Gasteiger partial charge in [0, 0.05) is 18.0 Å². The van der Waals surface area contributed by atoms with E-state index >= 15 is 0 Å². The third-order valence-electron chi connectivity index (χ3n) is 3.30. The highest BCUT2D eigenvalue weighted by molar-refractivity contribution is 9.10. The van der Waals surface area contributed by atoms with E-state index in [1.165, 1.54) is 10.8 Å². The van der Waals surface area contributed by atoms with Crippen LogP contribution in [-0.2, 0) is 4.74 Å². The van der Waals surface area contributed by atoms with E-state index in [0.29, 0.717) is 6.61 Å². The molecular formula is C16H19BrO2. The summed E-state index contributed by atoms with van der Waals surface area (Å²) < 4.78 is 12.3. The van der Waals surface area contributed by atoms with Crippen LogP contribution in [0.4, 0.5) is 0 Å². The van der Waals surface area contributed by atoms with E-state index in [-0.39, 0.29) is 5.60 Å². The number of ether oxygens (including phenoxy) is 2. The first-order valence-electron chi connectivity index (χ1n) is 6.37. The van der Waals surface area contributed by atoms with Crippen LogP contribution in [0, 0.1) is 0 Å². The summed E-state index contributed by atoms with van der Waals surface area (Å²) in [5, 5.41) is 2.39. The molecule has 2 rings (SSSR count). The van der Waals surface area contributed by atoms with Crippen molar-refractivity contribution in [1.29, 1.82) is 0 Å². The predicted molar refractivity (Wildman–Crippen MR) is 82.8 cm³/mol. The van der Waals surface area contributed by atoms with Gasteiger partial charge in [0.25, 0.3) is 0 Å². The van der Waals surface area contributed by atoms with Crippen LogP contribution in [0.25, 0.3) is 10.8 Å². The van der Waals surface area contributed by atoms with Gasteiger partial charge in [-0.3, -0.25) is 0 Å². The number of halogens is 1. The molecule has 0 fully saturated rings. The van der Waals surface area contributed by atoms with E-state index in [1.807, 2.05) is 12.1 Å². The summed E-state index contributed by atoms with van der Waals surface area (Å²) in [4.78, 5) is 0. The number of benzene rings is 2. The zero-order chi connectivity index (χ0) is 13.9. The van der Waals surface area contributed by atoms with E-state index < -0.39 is 0 Å². The van der Waals surface area contributed by atoms with E-state index in [0.717, 1.165) is 16.6 Å². The molecule has 0 atom stereocenters. The normalized spacial score (nSPS) is 11.8. The van der Waals surface area contributed by atoms with Crippen molar-refractivity contribution in [3.8, 4) is 5.75 Å². The minimum atomic E-state index is -0.137. The molecule has 0 heterocycles. The number of hydrogen-bond donors (Lipinski definition) is 0. The molecule has 0 saturated carbocycles. The average Bonchev–Trinajstić information content (AvgIpc) is 2.39. The Morgan fingerprint density at radius 2 is 1.74 bits per heavy atom. The molecule has 0 saturated heterocycles. The van der Waals surface area contributed by atoms with Crippen LogP contribution in [0.1, 0.15) is 20.3 Å². The molecule has 0 spiro atoms. The standard InChI is InChI=1S/C16H19BrO2/c1-16(2,18-3)8-9-19-15-7-5-12-10-14(17)6-4-13(12)11-15/h4-7,10-11H,8-9H2,1-3H3. The van der Waals surface area contributed by atoms with Gasteiger partial charge in [-0.2, -0.15) is 0 Å². The molecule has 0 N–H and O–H groups in total. The summed E-state index contributed by atoms with van der Waals surface area (Å²) in [5.41, 5.74) is -0.137. The van der Waals surface area contributed by atoms with E-state index in [4.69, 9.17) is 9.47 Å². The summed E-state index contributed by atoms with van der Waals surface area (Å²) in [6.07, 6.45) is 0.863. The molecule has 2 aromatic rings. The van der Waals surface area contributed by atoms with Crippen LogP contribution >= 0.6 is 15.9 Å². The molecule has 0 bridgehead atoms. The molecule has 102 valence electrons. The molecule has 0 aromatic heterocycles. The summed E-state index contributed by atoms with van der Waals surface area (Å²) in [6, 6.07) is 12.4. The number of hydrogen-bond acceptors (Lipinski definition) is 2. The number of fused-ring (bicyclic) bond motifs is 1. The van der Waals surface area contributed by atoms with Crippen molar-refractivity contribution in [2.75, 3.05) is 13.7 Å². The zero-order valence-corrected chi connectivity index (χ0v) is 13.2. The van der Waals surface area contributed by atoms with Crippen molar-refractivity contribution in [2.45, 2.75) is 25.9 Å². The quantitative estimate of drug-likeness (QED) is 0.787. The molecular weight excluding hydrogens is 304 g/mol. The van der Waals surface area contributed by atoms with Gasteiger partial charge < -0.3 is 9.47 Å². The van der Waals surface area contributed by atoms with Crippen molar-refractivity contribution in [3.63, 3.8) is 0 Å². The SMILES string of the molecule is COC(C)(C)CCOc1ccc2cc(Br)ccc2c1. The van der Waals surface area contributed by atoms with Crippen molar-refractivity contribution in [3.05, 3.63) is 40.9 Å². The van der Waals surface area contributed by atoms with Crippen LogP contribution in [0.3, 0.4) is 0 Å². The second-order valence-electron chi connectivity index (χ2n) is 5.22. The van der Waals surface area contributed by atoms with Crippen LogP contribution in [0.5, 0.6) is 5.75 Å². The number of methoxy groups -OCH3 is 1. The van der Waals surface area contributed by atoms with Crippen LogP contribution < -0.4 is 4.74 Å². The Balaban J connectivity index is 2.04. The molecule has 0 aliphatic carbocycles. The van der Waals surface area contributed by atoms with Crippen molar-refractivity contribution >= 4 is 26.7 Å². The number of rotatable bonds is 5. The van der Waals surface area contributed by atoms with Gasteiger partial charge >= 0.3 is 0 Å². The molecule has 19 heavy (non-hydrogen) atoms. The second-order valence-corrected chi connectivity index (χ2v) is 6.13. The van der Waals surface area contributed by atoms with Gasteiger partial charge in [0.1, 0.15) is 5.75 Å². The lowest BCUT2D eigenvalue weighted by Gasteiger charge is -2.22. The Bertz CT molecular complexity index is 564. The maximum atomic E-state index is 5.79. The fraction of sp³-hybridized carbons (Fsp3) is 0.375. The Labute approximate surface area is 122 Å². The minimum absolute atomic E-state index is 0.137. The Hall–Kier alpha value is -1.06. The van der Waals surface area contributed by atoms with E-state index in [9.17, 15) is 0 Å². The monoisotopic (exact) mass is 322 g/mol. The molecule has 3 heteroatoms. The van der Waals surface area contributed by atoms with Crippen molar-refractivity contribution in [1.82, 2.24) is 0 Å². The van der Waals surface area contributed by atoms with Gasteiger partial charge in [-0.1, -0.05) is 28.1 Å². The first-order valence-corrected chi connectivity index (χ1v) is 7.17. The van der Waals surface area contributed by atoms with Gasteiger partial charge in [-0.05, 0) is 48.9 Å². The van der Waals surface area contributed by atoms with Crippen molar-refractivity contribution < 1.29 is 9.47 Å². The highest BCUT2D eigenvalue weighted by Gasteiger charge is 2.15. The van der Waals surface area contributed by atoms with Gasteiger partial charge in [-0.15, -0.1) is 0 Å². The second kappa shape index (κ2) is 5.93. The van der Waals surface area contributed by atoms with Gasteiger partial charge in [0.05, 0.1) is 12.2 Å². The first-order chi connectivity index (χ1) is 9.00. The van der Waals surface area contributed by atoms with Crippen molar-refractivity contribution in [2.24, 2.45) is 0 Å². The fourth-order valence-electron chi connectivity index (χ4n) is 1.80. The highest BCUT2D eigenvalue weighted by Crippen LogP contribution is 2.24. The Morgan fingerprint density at radius 3 is 2.47 bits per heavy atom.